The fourth-order valence-corrected chi connectivity index (χ4v) is 7.64. The predicted molar refractivity (Wildman–Crippen MR) is 134 cm³/mol. The molecule has 180 valence electrons. The summed E-state index contributed by atoms with van der Waals surface area (Å²) in [5, 5.41) is 18.7. The maximum Gasteiger partial charge on any atom is 0.155 e. The van der Waals surface area contributed by atoms with Gasteiger partial charge in [-0.2, -0.15) is 0 Å². The minimum atomic E-state index is -0.165. The molecule has 4 unspecified atom stereocenters. The van der Waals surface area contributed by atoms with Crippen LogP contribution in [0.1, 0.15) is 63.4 Å². The number of benzene rings is 1. The van der Waals surface area contributed by atoms with E-state index < -0.39 is 0 Å². The number of anilines is 1. The van der Waals surface area contributed by atoms with Crippen molar-refractivity contribution in [3.63, 3.8) is 0 Å². The van der Waals surface area contributed by atoms with Gasteiger partial charge >= 0.3 is 0 Å². The van der Waals surface area contributed by atoms with E-state index in [1.54, 1.807) is 0 Å². The summed E-state index contributed by atoms with van der Waals surface area (Å²) in [6, 6.07) is 9.14. The molecule has 0 spiro atoms. The van der Waals surface area contributed by atoms with Gasteiger partial charge in [-0.3, -0.25) is 4.79 Å². The molecule has 1 aromatic carbocycles. The van der Waals surface area contributed by atoms with Crippen LogP contribution in [-0.2, 0) is 4.79 Å². The zero-order valence-electron chi connectivity index (χ0n) is 20.5. The third kappa shape index (κ3) is 4.44. The second-order valence-corrected chi connectivity index (χ2v) is 11.1. The maximum atomic E-state index is 12.1. The van der Waals surface area contributed by atoms with Gasteiger partial charge in [0.25, 0.3) is 0 Å². The third-order valence-electron chi connectivity index (χ3n) is 9.22. The Morgan fingerprint density at radius 2 is 1.79 bits per heavy atom. The molecule has 4 heteroatoms. The van der Waals surface area contributed by atoms with Crippen molar-refractivity contribution in [1.29, 1.82) is 0 Å². The lowest BCUT2D eigenvalue weighted by atomic mass is 9.48. The summed E-state index contributed by atoms with van der Waals surface area (Å²) in [5.74, 6) is 3.31. The van der Waals surface area contributed by atoms with Crippen LogP contribution in [0.15, 0.2) is 48.6 Å². The summed E-state index contributed by atoms with van der Waals surface area (Å²) in [7, 11) is 4.17. The van der Waals surface area contributed by atoms with Gasteiger partial charge in [-0.15, -0.1) is 6.58 Å². The molecule has 0 bridgehead atoms. The number of carbonyl (C=O) groups excluding carboxylic acids is 1. The van der Waals surface area contributed by atoms with Crippen LogP contribution >= 0.6 is 0 Å². The van der Waals surface area contributed by atoms with E-state index >= 15 is 0 Å². The summed E-state index contributed by atoms with van der Waals surface area (Å²) >= 11 is 0. The van der Waals surface area contributed by atoms with E-state index in [4.69, 9.17) is 5.11 Å². The van der Waals surface area contributed by atoms with Crippen molar-refractivity contribution >= 4 is 11.5 Å². The molecule has 0 aromatic heterocycles. The van der Waals surface area contributed by atoms with Crippen LogP contribution in [0.25, 0.3) is 0 Å². The Balaban J connectivity index is 0.000000601. The zero-order valence-corrected chi connectivity index (χ0v) is 20.5. The van der Waals surface area contributed by atoms with Crippen molar-refractivity contribution in [2.24, 2.45) is 29.1 Å². The topological polar surface area (TPSA) is 60.8 Å². The smallest absolute Gasteiger partial charge is 0.155 e. The average Bonchev–Trinajstić information content (AvgIpc) is 3.12. The van der Waals surface area contributed by atoms with Crippen molar-refractivity contribution in [3.8, 4) is 0 Å². The molecule has 5 rings (SSSR count). The summed E-state index contributed by atoms with van der Waals surface area (Å²) in [6.07, 6.45) is 10.5. The van der Waals surface area contributed by atoms with Crippen LogP contribution in [0.3, 0.4) is 0 Å². The normalized spacial score (nSPS) is 37.0. The molecule has 0 radical (unpaired) electrons. The molecule has 33 heavy (non-hydrogen) atoms. The van der Waals surface area contributed by atoms with Gasteiger partial charge in [0.05, 0.1) is 12.7 Å². The molecule has 0 heterocycles. The van der Waals surface area contributed by atoms with E-state index in [0.29, 0.717) is 41.8 Å². The summed E-state index contributed by atoms with van der Waals surface area (Å²) < 4.78 is 0. The van der Waals surface area contributed by atoms with Crippen LogP contribution in [0.4, 0.5) is 5.69 Å². The first-order valence-electron chi connectivity index (χ1n) is 12.7. The molecular weight excluding hydrogens is 410 g/mol. The molecule has 4 aliphatic rings. The molecule has 2 N–H and O–H groups in total. The molecule has 4 aliphatic carbocycles. The summed E-state index contributed by atoms with van der Waals surface area (Å²) in [6.45, 7) is 5.68. The Bertz CT molecular complexity index is 889. The van der Waals surface area contributed by atoms with Gasteiger partial charge in [0, 0.05) is 26.2 Å². The second kappa shape index (κ2) is 9.76. The van der Waals surface area contributed by atoms with E-state index in [1.165, 1.54) is 35.7 Å². The number of aliphatic hydroxyl groups is 2. The van der Waals surface area contributed by atoms with E-state index in [9.17, 15) is 9.90 Å². The Kier molecular flexibility index (Phi) is 7.16. The lowest BCUT2D eigenvalue weighted by Gasteiger charge is -2.57. The van der Waals surface area contributed by atoms with Crippen LogP contribution in [0, 0.1) is 29.1 Å². The Morgan fingerprint density at radius 1 is 1.09 bits per heavy atom. The summed E-state index contributed by atoms with van der Waals surface area (Å²) in [5.41, 5.74) is 4.14. The van der Waals surface area contributed by atoms with Crippen molar-refractivity contribution in [3.05, 3.63) is 54.1 Å². The number of hydrogen-bond donors (Lipinski definition) is 2. The predicted octanol–water partition coefficient (Wildman–Crippen LogP) is 5.11. The number of rotatable bonds is 3. The van der Waals surface area contributed by atoms with Gasteiger partial charge in [-0.25, -0.2) is 0 Å². The monoisotopic (exact) mass is 451 g/mol. The van der Waals surface area contributed by atoms with Crippen LogP contribution in [-0.4, -0.2) is 42.8 Å². The van der Waals surface area contributed by atoms with Gasteiger partial charge in [-0.05, 0) is 97.3 Å². The Hall–Kier alpha value is -1.91. The average molecular weight is 452 g/mol. The Labute approximate surface area is 199 Å². The number of ketones is 1. The SMILES string of the molecule is C=CCO.CN(C)c1ccc([C@H]2C[C@@]3(C)C(CC[C@@H]3O)C3CCC4=CC(=O)CCC4C32)cc1. The fourth-order valence-electron chi connectivity index (χ4n) is 7.64. The van der Waals surface area contributed by atoms with Crippen molar-refractivity contribution in [2.75, 3.05) is 25.6 Å². The molecular formula is C29H41NO3. The quantitative estimate of drug-likeness (QED) is 0.627. The van der Waals surface area contributed by atoms with E-state index in [2.05, 4.69) is 56.8 Å². The number of allylic oxidation sites excluding steroid dienone is 1. The van der Waals surface area contributed by atoms with Gasteiger partial charge in [0.2, 0.25) is 0 Å². The minimum Gasteiger partial charge on any atom is -0.393 e. The number of hydrogen-bond acceptors (Lipinski definition) is 4. The molecule has 3 saturated carbocycles. The van der Waals surface area contributed by atoms with Crippen molar-refractivity contribution in [2.45, 2.75) is 63.9 Å². The second-order valence-electron chi connectivity index (χ2n) is 11.1. The number of aliphatic hydroxyl groups excluding tert-OH is 2. The van der Waals surface area contributed by atoms with E-state index in [0.717, 1.165) is 25.7 Å². The summed E-state index contributed by atoms with van der Waals surface area (Å²) in [4.78, 5) is 14.2. The van der Waals surface area contributed by atoms with Gasteiger partial charge in [0.1, 0.15) is 0 Å². The first-order chi connectivity index (χ1) is 15.8. The zero-order chi connectivity index (χ0) is 23.8. The van der Waals surface area contributed by atoms with Crippen molar-refractivity contribution in [1.82, 2.24) is 0 Å². The standard InChI is InChI=1S/C26H35NO2.C3H6O/c1-26-15-22(16-4-7-18(8-5-16)27(2)3)25-20-11-9-19(28)14-17(20)6-10-21(25)23(26)12-13-24(26)29;1-2-3-4/h4-5,7-8,14,20-25,29H,6,9-13,15H2,1-3H3;2,4H,1,3H2/t20?,21?,22-,23?,24+,25?,26+;/m1./s1. The van der Waals surface area contributed by atoms with Gasteiger partial charge in [-0.1, -0.05) is 30.7 Å². The first-order valence-corrected chi connectivity index (χ1v) is 12.7. The highest BCUT2D eigenvalue weighted by atomic mass is 16.3. The lowest BCUT2D eigenvalue weighted by molar-refractivity contribution is -0.116. The number of fused-ring (bicyclic) bond motifs is 5. The highest BCUT2D eigenvalue weighted by molar-refractivity contribution is 5.91. The number of carbonyl (C=O) groups is 1. The lowest BCUT2D eigenvalue weighted by Crippen LogP contribution is -2.50. The van der Waals surface area contributed by atoms with E-state index in [1.807, 2.05) is 6.08 Å². The van der Waals surface area contributed by atoms with Crippen LogP contribution in [0.2, 0.25) is 0 Å². The molecule has 4 nitrogen and oxygen atoms in total. The van der Waals surface area contributed by atoms with Crippen molar-refractivity contribution < 1.29 is 15.0 Å². The molecule has 0 amide bonds. The fraction of sp³-hybridized carbons (Fsp3) is 0.621. The first kappa shape index (κ1) is 24.2. The van der Waals surface area contributed by atoms with Crippen LogP contribution < -0.4 is 4.90 Å². The Morgan fingerprint density at radius 3 is 2.42 bits per heavy atom. The molecule has 1 aromatic rings. The van der Waals surface area contributed by atoms with E-state index in [-0.39, 0.29) is 18.1 Å². The van der Waals surface area contributed by atoms with Crippen LogP contribution in [0.5, 0.6) is 0 Å². The largest absolute Gasteiger partial charge is 0.393 e. The molecule has 0 aliphatic heterocycles. The highest BCUT2D eigenvalue weighted by Gasteiger charge is 2.59. The van der Waals surface area contributed by atoms with Gasteiger partial charge < -0.3 is 15.1 Å². The third-order valence-corrected chi connectivity index (χ3v) is 9.22. The van der Waals surface area contributed by atoms with Gasteiger partial charge in [0.15, 0.2) is 5.78 Å². The molecule has 0 saturated heterocycles. The molecule has 3 fully saturated rings. The highest BCUT2D eigenvalue weighted by Crippen LogP contribution is 2.65. The maximum absolute atomic E-state index is 12.1. The minimum absolute atomic E-state index is 0.0394. The number of nitrogens with zero attached hydrogens (tertiary/aromatic N) is 1. The molecule has 7 atom stereocenters.